The number of likely N-dealkylation sites (tertiary alicyclic amines) is 1. The van der Waals surface area contributed by atoms with E-state index in [0.717, 1.165) is 25.9 Å². The van der Waals surface area contributed by atoms with Gasteiger partial charge >= 0.3 is 0 Å². The Morgan fingerprint density at radius 1 is 1.37 bits per heavy atom. The van der Waals surface area contributed by atoms with Gasteiger partial charge in [-0.05, 0) is 30.9 Å². The first-order valence-corrected chi connectivity index (χ1v) is 6.89. The lowest BCUT2D eigenvalue weighted by Crippen LogP contribution is -2.33. The van der Waals surface area contributed by atoms with Gasteiger partial charge in [0.1, 0.15) is 6.61 Å². The van der Waals surface area contributed by atoms with Crippen LogP contribution in [0.4, 0.5) is 0 Å². The van der Waals surface area contributed by atoms with Crippen molar-refractivity contribution >= 4 is 5.91 Å². The Kier molecular flexibility index (Phi) is 5.36. The molecular formula is C15H22N2O2. The molecule has 0 saturated carbocycles. The van der Waals surface area contributed by atoms with Crippen LogP contribution in [0.1, 0.15) is 12.0 Å². The molecule has 1 aliphatic heterocycles. The summed E-state index contributed by atoms with van der Waals surface area (Å²) in [7, 11) is 0. The third kappa shape index (κ3) is 4.33. The van der Waals surface area contributed by atoms with E-state index < -0.39 is 0 Å². The van der Waals surface area contributed by atoms with Crippen molar-refractivity contribution in [3.05, 3.63) is 35.9 Å². The molecule has 4 nitrogen and oxygen atoms in total. The number of carbonyl (C=O) groups excluding carboxylic acids is 1. The normalized spacial score (nSPS) is 18.8. The molecule has 0 radical (unpaired) electrons. The van der Waals surface area contributed by atoms with Crippen LogP contribution in [0.2, 0.25) is 0 Å². The molecule has 0 aromatic heterocycles. The van der Waals surface area contributed by atoms with E-state index in [2.05, 4.69) is 12.1 Å². The highest BCUT2D eigenvalue weighted by atomic mass is 16.5. The molecule has 1 aromatic rings. The summed E-state index contributed by atoms with van der Waals surface area (Å²) in [6.07, 6.45) is 1.87. The fourth-order valence-electron chi connectivity index (χ4n) is 2.34. The summed E-state index contributed by atoms with van der Waals surface area (Å²) in [4.78, 5) is 13.7. The topological polar surface area (TPSA) is 55.6 Å². The van der Waals surface area contributed by atoms with Gasteiger partial charge in [-0.2, -0.15) is 0 Å². The molecule has 2 rings (SSSR count). The summed E-state index contributed by atoms with van der Waals surface area (Å²) in [5.74, 6) is 0.553. The van der Waals surface area contributed by atoms with Gasteiger partial charge in [-0.15, -0.1) is 0 Å². The Hall–Kier alpha value is -1.39. The molecule has 1 amide bonds. The van der Waals surface area contributed by atoms with Gasteiger partial charge in [-0.25, -0.2) is 0 Å². The molecule has 0 aliphatic carbocycles. The average molecular weight is 262 g/mol. The van der Waals surface area contributed by atoms with Crippen LogP contribution in [0.5, 0.6) is 0 Å². The maximum Gasteiger partial charge on any atom is 0.248 e. The van der Waals surface area contributed by atoms with Crippen LogP contribution in [0.25, 0.3) is 0 Å². The summed E-state index contributed by atoms with van der Waals surface area (Å²) < 4.78 is 5.46. The van der Waals surface area contributed by atoms with E-state index in [1.807, 2.05) is 23.1 Å². The molecule has 0 bridgehead atoms. The van der Waals surface area contributed by atoms with E-state index in [0.29, 0.717) is 19.1 Å². The molecule has 2 N–H and O–H groups in total. The molecule has 1 unspecified atom stereocenters. The number of amides is 1. The summed E-state index contributed by atoms with van der Waals surface area (Å²) in [5, 5.41) is 0. The number of benzene rings is 1. The molecule has 19 heavy (non-hydrogen) atoms. The van der Waals surface area contributed by atoms with E-state index in [4.69, 9.17) is 10.5 Å². The Morgan fingerprint density at radius 2 is 2.16 bits per heavy atom. The summed E-state index contributed by atoms with van der Waals surface area (Å²) in [6.45, 7) is 3.05. The first kappa shape index (κ1) is 14.0. The zero-order chi connectivity index (χ0) is 13.5. The van der Waals surface area contributed by atoms with Crippen LogP contribution in [-0.4, -0.2) is 43.7 Å². The van der Waals surface area contributed by atoms with Crippen molar-refractivity contribution in [2.24, 2.45) is 11.7 Å². The smallest absolute Gasteiger partial charge is 0.248 e. The highest BCUT2D eigenvalue weighted by molar-refractivity contribution is 5.77. The van der Waals surface area contributed by atoms with E-state index in [1.54, 1.807) is 0 Å². The molecule has 1 saturated heterocycles. The van der Waals surface area contributed by atoms with Gasteiger partial charge in [0, 0.05) is 13.1 Å². The summed E-state index contributed by atoms with van der Waals surface area (Å²) in [6, 6.07) is 10.2. The van der Waals surface area contributed by atoms with Gasteiger partial charge in [0.25, 0.3) is 0 Å². The molecule has 0 spiro atoms. The van der Waals surface area contributed by atoms with Crippen molar-refractivity contribution in [1.82, 2.24) is 4.90 Å². The first-order valence-electron chi connectivity index (χ1n) is 6.89. The number of carbonyl (C=O) groups is 1. The van der Waals surface area contributed by atoms with Crippen molar-refractivity contribution in [2.75, 3.05) is 32.8 Å². The molecule has 1 fully saturated rings. The van der Waals surface area contributed by atoms with Crippen molar-refractivity contribution < 1.29 is 9.53 Å². The number of rotatable bonds is 6. The minimum absolute atomic E-state index is 0.0870. The van der Waals surface area contributed by atoms with Gasteiger partial charge in [0.2, 0.25) is 5.91 Å². The van der Waals surface area contributed by atoms with Crippen LogP contribution in [0, 0.1) is 5.92 Å². The van der Waals surface area contributed by atoms with Crippen molar-refractivity contribution in [3.8, 4) is 0 Å². The average Bonchev–Trinajstić information content (AvgIpc) is 2.93. The second-order valence-corrected chi connectivity index (χ2v) is 5.02. The van der Waals surface area contributed by atoms with Crippen LogP contribution in [-0.2, 0) is 16.0 Å². The van der Waals surface area contributed by atoms with Crippen molar-refractivity contribution in [2.45, 2.75) is 12.8 Å². The first-order chi connectivity index (χ1) is 9.29. The zero-order valence-corrected chi connectivity index (χ0v) is 11.3. The third-order valence-electron chi connectivity index (χ3n) is 3.58. The van der Waals surface area contributed by atoms with Crippen molar-refractivity contribution in [1.29, 1.82) is 0 Å². The number of hydrogen-bond donors (Lipinski definition) is 1. The standard InChI is InChI=1S/C15H22N2O2/c16-10-14-6-8-17(11-14)15(18)12-19-9-7-13-4-2-1-3-5-13/h1-5,14H,6-12,16H2. The maximum atomic E-state index is 11.9. The molecular weight excluding hydrogens is 240 g/mol. The fourth-order valence-corrected chi connectivity index (χ4v) is 2.34. The third-order valence-corrected chi connectivity index (χ3v) is 3.58. The summed E-state index contributed by atoms with van der Waals surface area (Å²) >= 11 is 0. The Labute approximate surface area is 114 Å². The number of nitrogens with zero attached hydrogens (tertiary/aromatic N) is 1. The van der Waals surface area contributed by atoms with Gasteiger partial charge < -0.3 is 15.4 Å². The van der Waals surface area contributed by atoms with Crippen molar-refractivity contribution in [3.63, 3.8) is 0 Å². The van der Waals surface area contributed by atoms with Crippen LogP contribution in [0.3, 0.4) is 0 Å². The number of nitrogens with two attached hydrogens (primary N) is 1. The van der Waals surface area contributed by atoms with E-state index in [1.165, 1.54) is 5.56 Å². The molecule has 4 heteroatoms. The van der Waals surface area contributed by atoms with Gasteiger partial charge in [-0.3, -0.25) is 4.79 Å². The van der Waals surface area contributed by atoms with E-state index in [-0.39, 0.29) is 12.5 Å². The molecule has 1 atom stereocenters. The Morgan fingerprint density at radius 3 is 2.84 bits per heavy atom. The second-order valence-electron chi connectivity index (χ2n) is 5.02. The largest absolute Gasteiger partial charge is 0.371 e. The Bertz CT molecular complexity index is 394. The molecule has 104 valence electrons. The zero-order valence-electron chi connectivity index (χ0n) is 11.3. The number of hydrogen-bond acceptors (Lipinski definition) is 3. The minimum atomic E-state index is 0.0870. The summed E-state index contributed by atoms with van der Waals surface area (Å²) in [5.41, 5.74) is 6.85. The van der Waals surface area contributed by atoms with Gasteiger partial charge in [0.15, 0.2) is 0 Å². The lowest BCUT2D eigenvalue weighted by Gasteiger charge is -2.16. The Balaban J connectivity index is 1.62. The SMILES string of the molecule is NCC1CCN(C(=O)COCCc2ccccc2)C1. The van der Waals surface area contributed by atoms with E-state index >= 15 is 0 Å². The predicted molar refractivity (Wildman–Crippen MR) is 74.7 cm³/mol. The minimum Gasteiger partial charge on any atom is -0.371 e. The molecule has 1 heterocycles. The lowest BCUT2D eigenvalue weighted by molar-refractivity contribution is -0.135. The maximum absolute atomic E-state index is 11.9. The van der Waals surface area contributed by atoms with E-state index in [9.17, 15) is 4.79 Å². The van der Waals surface area contributed by atoms with Gasteiger partial charge in [-0.1, -0.05) is 30.3 Å². The van der Waals surface area contributed by atoms with Crippen LogP contribution in [0.15, 0.2) is 30.3 Å². The van der Waals surface area contributed by atoms with Gasteiger partial charge in [0.05, 0.1) is 6.61 Å². The molecule has 1 aliphatic rings. The predicted octanol–water partition coefficient (Wildman–Crippen LogP) is 1.05. The molecule has 1 aromatic carbocycles. The monoisotopic (exact) mass is 262 g/mol. The lowest BCUT2D eigenvalue weighted by atomic mass is 10.1. The van der Waals surface area contributed by atoms with Crippen LogP contribution >= 0.6 is 0 Å². The second kappa shape index (κ2) is 7.26. The number of ether oxygens (including phenoxy) is 1. The van der Waals surface area contributed by atoms with Crippen LogP contribution < -0.4 is 5.73 Å². The highest BCUT2D eigenvalue weighted by Gasteiger charge is 2.24. The quantitative estimate of drug-likeness (QED) is 0.780. The fraction of sp³-hybridized carbons (Fsp3) is 0.533. The highest BCUT2D eigenvalue weighted by Crippen LogP contribution is 2.14.